The SMILES string of the molecule is CCCC(C)OS(=O)(=O)c1ccc(C)cc1. The molecule has 0 spiro atoms. The minimum Gasteiger partial charge on any atom is -0.263 e. The molecule has 4 heteroatoms. The average molecular weight is 242 g/mol. The number of aryl methyl sites for hydroxylation is 1. The zero-order valence-corrected chi connectivity index (χ0v) is 10.8. The van der Waals surface area contributed by atoms with E-state index < -0.39 is 10.1 Å². The van der Waals surface area contributed by atoms with Crippen LogP contribution in [0.25, 0.3) is 0 Å². The van der Waals surface area contributed by atoms with Gasteiger partial charge < -0.3 is 0 Å². The lowest BCUT2D eigenvalue weighted by Crippen LogP contribution is -2.15. The lowest BCUT2D eigenvalue weighted by molar-refractivity contribution is 0.217. The Labute approximate surface area is 97.6 Å². The molecule has 0 aliphatic heterocycles. The first-order chi connectivity index (χ1) is 7.45. The highest BCUT2D eigenvalue weighted by molar-refractivity contribution is 7.86. The van der Waals surface area contributed by atoms with Crippen molar-refractivity contribution in [2.75, 3.05) is 0 Å². The first-order valence-electron chi connectivity index (χ1n) is 5.45. The molecule has 16 heavy (non-hydrogen) atoms. The highest BCUT2D eigenvalue weighted by atomic mass is 32.2. The molecule has 0 N–H and O–H groups in total. The quantitative estimate of drug-likeness (QED) is 0.746. The molecule has 1 aromatic rings. The second-order valence-electron chi connectivity index (χ2n) is 3.96. The second-order valence-corrected chi connectivity index (χ2v) is 5.53. The van der Waals surface area contributed by atoms with Crippen molar-refractivity contribution in [3.8, 4) is 0 Å². The van der Waals surface area contributed by atoms with Crippen molar-refractivity contribution in [2.24, 2.45) is 0 Å². The van der Waals surface area contributed by atoms with Crippen molar-refractivity contribution in [3.63, 3.8) is 0 Å². The van der Waals surface area contributed by atoms with Crippen molar-refractivity contribution in [1.29, 1.82) is 0 Å². The molecule has 90 valence electrons. The van der Waals surface area contributed by atoms with Crippen molar-refractivity contribution >= 4 is 10.1 Å². The minimum atomic E-state index is -3.60. The lowest BCUT2D eigenvalue weighted by Gasteiger charge is -2.11. The Kier molecular flexibility index (Phi) is 4.50. The van der Waals surface area contributed by atoms with Gasteiger partial charge in [0, 0.05) is 0 Å². The maximum Gasteiger partial charge on any atom is 0.297 e. The molecule has 1 atom stereocenters. The molecule has 0 saturated carbocycles. The summed E-state index contributed by atoms with van der Waals surface area (Å²) in [6, 6.07) is 6.67. The third kappa shape index (κ3) is 3.61. The van der Waals surface area contributed by atoms with Gasteiger partial charge in [0.15, 0.2) is 0 Å². The molecule has 0 fully saturated rings. The zero-order chi connectivity index (χ0) is 12.2. The summed E-state index contributed by atoms with van der Waals surface area (Å²) in [4.78, 5) is 0.223. The number of rotatable bonds is 5. The predicted octanol–water partition coefficient (Wildman–Crippen LogP) is 2.89. The first kappa shape index (κ1) is 13.2. The van der Waals surface area contributed by atoms with E-state index in [9.17, 15) is 8.42 Å². The Balaban J connectivity index is 2.82. The Morgan fingerprint density at radius 1 is 1.25 bits per heavy atom. The van der Waals surface area contributed by atoms with E-state index in [2.05, 4.69) is 0 Å². The standard InChI is InChI=1S/C12H18O3S/c1-4-5-11(3)15-16(13,14)12-8-6-10(2)7-9-12/h6-9,11H,4-5H2,1-3H3. The fraction of sp³-hybridized carbons (Fsp3) is 0.500. The van der Waals surface area contributed by atoms with Crippen LogP contribution in [-0.4, -0.2) is 14.5 Å². The molecule has 0 bridgehead atoms. The van der Waals surface area contributed by atoms with Crippen LogP contribution in [0.1, 0.15) is 32.3 Å². The molecule has 3 nitrogen and oxygen atoms in total. The van der Waals surface area contributed by atoms with Gasteiger partial charge in [-0.15, -0.1) is 0 Å². The second kappa shape index (κ2) is 5.46. The van der Waals surface area contributed by atoms with Crippen LogP contribution in [0.3, 0.4) is 0 Å². The summed E-state index contributed by atoms with van der Waals surface area (Å²) in [6.07, 6.45) is 1.38. The van der Waals surface area contributed by atoms with Crippen LogP contribution >= 0.6 is 0 Å². The van der Waals surface area contributed by atoms with Gasteiger partial charge in [0.2, 0.25) is 0 Å². The summed E-state index contributed by atoms with van der Waals surface area (Å²) in [5.41, 5.74) is 1.03. The van der Waals surface area contributed by atoms with E-state index in [1.165, 1.54) is 0 Å². The normalized spacial score (nSPS) is 13.7. The molecule has 0 aliphatic rings. The lowest BCUT2D eigenvalue weighted by atomic mass is 10.2. The van der Waals surface area contributed by atoms with E-state index in [-0.39, 0.29) is 11.0 Å². The Bertz CT molecular complexity index is 420. The molecule has 1 unspecified atom stereocenters. The minimum absolute atomic E-state index is 0.223. The third-order valence-electron chi connectivity index (χ3n) is 2.30. The van der Waals surface area contributed by atoms with Crippen LogP contribution in [0.4, 0.5) is 0 Å². The topological polar surface area (TPSA) is 43.4 Å². The molecule has 1 rings (SSSR count). The van der Waals surface area contributed by atoms with Crippen LogP contribution in [0.2, 0.25) is 0 Å². The van der Waals surface area contributed by atoms with Gasteiger partial charge in [-0.25, -0.2) is 0 Å². The summed E-state index contributed by atoms with van der Waals surface area (Å²) in [7, 11) is -3.60. The average Bonchev–Trinajstić information content (AvgIpc) is 2.17. The molecule has 0 aromatic heterocycles. The monoisotopic (exact) mass is 242 g/mol. The molecule has 0 amide bonds. The van der Waals surface area contributed by atoms with Gasteiger partial charge in [0.1, 0.15) is 0 Å². The van der Waals surface area contributed by atoms with E-state index in [1.807, 2.05) is 13.8 Å². The maximum atomic E-state index is 11.8. The van der Waals surface area contributed by atoms with Crippen molar-refractivity contribution in [1.82, 2.24) is 0 Å². The van der Waals surface area contributed by atoms with Crippen molar-refractivity contribution < 1.29 is 12.6 Å². The highest BCUT2D eigenvalue weighted by Crippen LogP contribution is 2.16. The largest absolute Gasteiger partial charge is 0.297 e. The molecule has 0 saturated heterocycles. The molecular weight excluding hydrogens is 224 g/mol. The van der Waals surface area contributed by atoms with Crippen molar-refractivity contribution in [2.45, 2.75) is 44.6 Å². The molecule has 0 heterocycles. The van der Waals surface area contributed by atoms with Crippen LogP contribution in [-0.2, 0) is 14.3 Å². The van der Waals surface area contributed by atoms with E-state index in [4.69, 9.17) is 4.18 Å². The highest BCUT2D eigenvalue weighted by Gasteiger charge is 2.18. The molecule has 0 radical (unpaired) electrons. The van der Waals surface area contributed by atoms with Crippen LogP contribution < -0.4 is 0 Å². The maximum absolute atomic E-state index is 11.8. The van der Waals surface area contributed by atoms with Gasteiger partial charge in [0.05, 0.1) is 11.0 Å². The van der Waals surface area contributed by atoms with Crippen molar-refractivity contribution in [3.05, 3.63) is 29.8 Å². The van der Waals surface area contributed by atoms with Crippen LogP contribution in [0, 0.1) is 6.92 Å². The van der Waals surface area contributed by atoms with Gasteiger partial charge >= 0.3 is 0 Å². The summed E-state index contributed by atoms with van der Waals surface area (Å²) < 4.78 is 28.7. The predicted molar refractivity (Wildman–Crippen MR) is 63.8 cm³/mol. The number of benzene rings is 1. The summed E-state index contributed by atoms with van der Waals surface area (Å²) >= 11 is 0. The van der Waals surface area contributed by atoms with Crippen LogP contribution in [0.5, 0.6) is 0 Å². The zero-order valence-electron chi connectivity index (χ0n) is 9.93. The molecular formula is C12H18O3S. The van der Waals surface area contributed by atoms with E-state index in [0.717, 1.165) is 18.4 Å². The Morgan fingerprint density at radius 2 is 1.81 bits per heavy atom. The van der Waals surface area contributed by atoms with Crippen LogP contribution in [0.15, 0.2) is 29.2 Å². The summed E-state index contributed by atoms with van der Waals surface area (Å²) in [5, 5.41) is 0. The van der Waals surface area contributed by atoms with Gasteiger partial charge in [-0.2, -0.15) is 8.42 Å². The summed E-state index contributed by atoms with van der Waals surface area (Å²) in [5.74, 6) is 0. The van der Waals surface area contributed by atoms with Gasteiger partial charge in [-0.1, -0.05) is 31.0 Å². The third-order valence-corrected chi connectivity index (χ3v) is 3.73. The van der Waals surface area contributed by atoms with Gasteiger partial charge in [-0.3, -0.25) is 4.18 Å². The molecule has 0 aliphatic carbocycles. The Hall–Kier alpha value is -0.870. The number of hydrogen-bond donors (Lipinski definition) is 0. The number of hydrogen-bond acceptors (Lipinski definition) is 3. The Morgan fingerprint density at radius 3 is 2.31 bits per heavy atom. The van der Waals surface area contributed by atoms with E-state index in [1.54, 1.807) is 31.2 Å². The van der Waals surface area contributed by atoms with E-state index >= 15 is 0 Å². The molecule has 1 aromatic carbocycles. The van der Waals surface area contributed by atoms with Gasteiger partial charge in [0.25, 0.3) is 10.1 Å². The smallest absolute Gasteiger partial charge is 0.263 e. The summed E-state index contributed by atoms with van der Waals surface area (Å²) in [6.45, 7) is 5.69. The fourth-order valence-electron chi connectivity index (χ4n) is 1.43. The van der Waals surface area contributed by atoms with E-state index in [0.29, 0.717) is 0 Å². The fourth-order valence-corrected chi connectivity index (χ4v) is 2.54. The van der Waals surface area contributed by atoms with Gasteiger partial charge in [-0.05, 0) is 32.4 Å². The first-order valence-corrected chi connectivity index (χ1v) is 6.86.